The number of pyridine rings is 1. The molecule has 2 amide bonds. The summed E-state index contributed by atoms with van der Waals surface area (Å²) in [7, 11) is 0. The van der Waals surface area contributed by atoms with Gasteiger partial charge < -0.3 is 14.7 Å². The standard InChI is InChI=1S/C23H28N4O2/c28-18-25-10-12-27(13-11-25)23(29)21-15-22(17-24-16-21)26-8-6-20(7-9-26)14-19-4-2-1-3-5-19/h1-5,15-18,20H,6-14H2. The van der Waals surface area contributed by atoms with Crippen molar-refractivity contribution in [3.8, 4) is 0 Å². The van der Waals surface area contributed by atoms with Gasteiger partial charge in [0.05, 0.1) is 17.4 Å². The number of hydrogen-bond donors (Lipinski definition) is 0. The minimum Gasteiger partial charge on any atom is -0.370 e. The van der Waals surface area contributed by atoms with Crippen molar-refractivity contribution < 1.29 is 9.59 Å². The number of aromatic nitrogens is 1. The second-order valence-electron chi connectivity index (χ2n) is 7.99. The molecule has 6 nitrogen and oxygen atoms in total. The lowest BCUT2D eigenvalue weighted by Crippen LogP contribution is -2.48. The molecule has 29 heavy (non-hydrogen) atoms. The molecular formula is C23H28N4O2. The molecule has 0 radical (unpaired) electrons. The summed E-state index contributed by atoms with van der Waals surface area (Å²) in [5.41, 5.74) is 3.07. The van der Waals surface area contributed by atoms with Gasteiger partial charge in [0, 0.05) is 45.5 Å². The maximum atomic E-state index is 12.8. The van der Waals surface area contributed by atoms with Crippen LogP contribution in [0.15, 0.2) is 48.8 Å². The highest BCUT2D eigenvalue weighted by atomic mass is 16.2. The highest BCUT2D eigenvalue weighted by molar-refractivity contribution is 5.95. The van der Waals surface area contributed by atoms with Gasteiger partial charge in [0.25, 0.3) is 5.91 Å². The van der Waals surface area contributed by atoms with Crippen LogP contribution in [-0.2, 0) is 11.2 Å². The van der Waals surface area contributed by atoms with E-state index < -0.39 is 0 Å². The van der Waals surface area contributed by atoms with E-state index in [4.69, 9.17) is 0 Å². The molecule has 0 atom stereocenters. The molecule has 0 N–H and O–H groups in total. The van der Waals surface area contributed by atoms with E-state index in [1.807, 2.05) is 17.2 Å². The summed E-state index contributed by atoms with van der Waals surface area (Å²) in [5.74, 6) is 0.712. The summed E-state index contributed by atoms with van der Waals surface area (Å²) >= 11 is 0. The SMILES string of the molecule is O=CN1CCN(C(=O)c2cncc(N3CCC(Cc4ccccc4)CC3)c2)CC1. The average Bonchev–Trinajstić information content (AvgIpc) is 2.80. The molecule has 1 aromatic carbocycles. The molecule has 6 heteroatoms. The number of piperazine rings is 1. The Morgan fingerprint density at radius 1 is 1.00 bits per heavy atom. The number of rotatable bonds is 5. The molecule has 0 saturated carbocycles. The third-order valence-corrected chi connectivity index (χ3v) is 6.07. The van der Waals surface area contributed by atoms with E-state index in [9.17, 15) is 9.59 Å². The molecule has 0 bridgehead atoms. The maximum absolute atomic E-state index is 12.8. The molecule has 2 aromatic rings. The van der Waals surface area contributed by atoms with Crippen LogP contribution < -0.4 is 4.90 Å². The van der Waals surface area contributed by atoms with Crippen LogP contribution in [0.25, 0.3) is 0 Å². The number of carbonyl (C=O) groups excluding carboxylic acids is 2. The number of anilines is 1. The fraction of sp³-hybridized carbons (Fsp3) is 0.435. The summed E-state index contributed by atoms with van der Waals surface area (Å²) < 4.78 is 0. The molecule has 0 aliphatic carbocycles. The molecule has 0 spiro atoms. The molecule has 0 unspecified atom stereocenters. The Hall–Kier alpha value is -2.89. The smallest absolute Gasteiger partial charge is 0.255 e. The molecule has 152 valence electrons. The van der Waals surface area contributed by atoms with Gasteiger partial charge in [-0.15, -0.1) is 0 Å². The van der Waals surface area contributed by atoms with Gasteiger partial charge in [-0.3, -0.25) is 14.6 Å². The molecular weight excluding hydrogens is 364 g/mol. The topological polar surface area (TPSA) is 56.8 Å². The molecule has 1 aromatic heterocycles. The predicted molar refractivity (Wildman–Crippen MR) is 113 cm³/mol. The van der Waals surface area contributed by atoms with Crippen molar-refractivity contribution in [1.29, 1.82) is 0 Å². The van der Waals surface area contributed by atoms with Crippen molar-refractivity contribution in [2.45, 2.75) is 19.3 Å². The maximum Gasteiger partial charge on any atom is 0.255 e. The monoisotopic (exact) mass is 392 g/mol. The summed E-state index contributed by atoms with van der Waals surface area (Å²) in [6.45, 7) is 4.33. The van der Waals surface area contributed by atoms with Crippen LogP contribution in [0.4, 0.5) is 5.69 Å². The molecule has 2 saturated heterocycles. The van der Waals surface area contributed by atoms with E-state index in [0.29, 0.717) is 37.7 Å². The van der Waals surface area contributed by atoms with Crippen LogP contribution in [0.2, 0.25) is 0 Å². The number of benzene rings is 1. The third kappa shape index (κ3) is 4.75. The number of carbonyl (C=O) groups is 2. The first kappa shape index (κ1) is 19.4. The first-order valence-electron chi connectivity index (χ1n) is 10.5. The van der Waals surface area contributed by atoms with E-state index in [2.05, 4.69) is 40.2 Å². The van der Waals surface area contributed by atoms with Gasteiger partial charge in [0.2, 0.25) is 6.41 Å². The first-order chi connectivity index (χ1) is 14.2. The lowest BCUT2D eigenvalue weighted by atomic mass is 9.90. The number of piperidine rings is 1. The van der Waals surface area contributed by atoms with Gasteiger partial charge in [-0.1, -0.05) is 30.3 Å². The zero-order chi connectivity index (χ0) is 20.1. The lowest BCUT2D eigenvalue weighted by Gasteiger charge is -2.34. The van der Waals surface area contributed by atoms with Crippen molar-refractivity contribution >= 4 is 18.0 Å². The zero-order valence-corrected chi connectivity index (χ0v) is 16.7. The number of nitrogens with zero attached hydrogens (tertiary/aromatic N) is 4. The van der Waals surface area contributed by atoms with E-state index in [1.54, 1.807) is 11.1 Å². The first-order valence-corrected chi connectivity index (χ1v) is 10.5. The van der Waals surface area contributed by atoms with Gasteiger partial charge in [0.1, 0.15) is 0 Å². The molecule has 4 rings (SSSR count). The Bertz CT molecular complexity index is 826. The Labute approximate surface area is 172 Å². The Morgan fingerprint density at radius 3 is 2.41 bits per heavy atom. The third-order valence-electron chi connectivity index (χ3n) is 6.07. The summed E-state index contributed by atoms with van der Waals surface area (Å²) in [5, 5.41) is 0. The lowest BCUT2D eigenvalue weighted by molar-refractivity contribution is -0.119. The van der Waals surface area contributed by atoms with E-state index in [-0.39, 0.29) is 5.91 Å². The minimum atomic E-state index is 0.00358. The van der Waals surface area contributed by atoms with Crippen LogP contribution in [0.3, 0.4) is 0 Å². The Kier molecular flexibility index (Phi) is 6.08. The Morgan fingerprint density at radius 2 is 1.72 bits per heavy atom. The minimum absolute atomic E-state index is 0.00358. The van der Waals surface area contributed by atoms with Crippen LogP contribution in [0.5, 0.6) is 0 Å². The molecule has 2 aliphatic heterocycles. The van der Waals surface area contributed by atoms with Gasteiger partial charge in [-0.05, 0) is 36.8 Å². The second-order valence-corrected chi connectivity index (χ2v) is 7.99. The van der Waals surface area contributed by atoms with Crippen molar-refractivity contribution in [2.24, 2.45) is 5.92 Å². The fourth-order valence-corrected chi connectivity index (χ4v) is 4.27. The molecule has 3 heterocycles. The Balaban J connectivity index is 1.34. The summed E-state index contributed by atoms with van der Waals surface area (Å²) in [4.78, 5) is 33.9. The van der Waals surface area contributed by atoms with Crippen molar-refractivity contribution in [2.75, 3.05) is 44.2 Å². The second kappa shape index (κ2) is 9.07. The average molecular weight is 393 g/mol. The quantitative estimate of drug-likeness (QED) is 0.734. The van der Waals surface area contributed by atoms with Crippen molar-refractivity contribution in [1.82, 2.24) is 14.8 Å². The summed E-state index contributed by atoms with van der Waals surface area (Å²) in [6.07, 6.45) is 7.81. The van der Waals surface area contributed by atoms with Crippen molar-refractivity contribution in [3.63, 3.8) is 0 Å². The van der Waals surface area contributed by atoms with Crippen LogP contribution >= 0.6 is 0 Å². The number of hydrogen-bond acceptors (Lipinski definition) is 4. The largest absolute Gasteiger partial charge is 0.370 e. The van der Waals surface area contributed by atoms with E-state index in [0.717, 1.165) is 44.4 Å². The van der Waals surface area contributed by atoms with E-state index in [1.165, 1.54) is 5.56 Å². The molecule has 2 fully saturated rings. The van der Waals surface area contributed by atoms with Crippen LogP contribution in [-0.4, -0.2) is 66.4 Å². The van der Waals surface area contributed by atoms with Gasteiger partial charge in [-0.2, -0.15) is 0 Å². The van der Waals surface area contributed by atoms with Crippen molar-refractivity contribution in [3.05, 3.63) is 59.9 Å². The predicted octanol–water partition coefficient (Wildman–Crippen LogP) is 2.45. The van der Waals surface area contributed by atoms with Gasteiger partial charge in [0.15, 0.2) is 0 Å². The van der Waals surface area contributed by atoms with Crippen LogP contribution in [0, 0.1) is 5.92 Å². The normalized spacial score (nSPS) is 18.0. The fourth-order valence-electron chi connectivity index (χ4n) is 4.27. The van der Waals surface area contributed by atoms with Gasteiger partial charge in [-0.25, -0.2) is 0 Å². The van der Waals surface area contributed by atoms with Crippen LogP contribution in [0.1, 0.15) is 28.8 Å². The summed E-state index contributed by atoms with van der Waals surface area (Å²) in [6, 6.07) is 12.7. The highest BCUT2D eigenvalue weighted by Crippen LogP contribution is 2.26. The number of amides is 2. The van der Waals surface area contributed by atoms with E-state index >= 15 is 0 Å². The van der Waals surface area contributed by atoms with Gasteiger partial charge >= 0.3 is 0 Å². The highest BCUT2D eigenvalue weighted by Gasteiger charge is 2.24. The zero-order valence-electron chi connectivity index (χ0n) is 16.7. The molecule has 2 aliphatic rings.